The molecule has 4 N–H and O–H groups in total. The number of carboxylic acid groups (broad SMARTS) is 1. The minimum absolute atomic E-state index is 0.0494. The van der Waals surface area contributed by atoms with Gasteiger partial charge in [0.1, 0.15) is 0 Å². The van der Waals surface area contributed by atoms with Crippen LogP contribution in [0.5, 0.6) is 0 Å². The summed E-state index contributed by atoms with van der Waals surface area (Å²) in [6.45, 7) is 1.61. The van der Waals surface area contributed by atoms with Crippen molar-refractivity contribution in [2.45, 2.75) is 31.1 Å². The zero-order valence-electron chi connectivity index (χ0n) is 11.6. The fourth-order valence-electron chi connectivity index (χ4n) is 1.85. The Morgan fingerprint density at radius 1 is 1.29 bits per heavy atom. The van der Waals surface area contributed by atoms with Gasteiger partial charge in [0.2, 0.25) is 15.9 Å². The monoisotopic (exact) mass is 314 g/mol. The topological polar surface area (TPSA) is 127 Å². The molecule has 116 valence electrons. The Balaban J connectivity index is 2.77. The van der Waals surface area contributed by atoms with Crippen LogP contribution in [0.4, 0.5) is 0 Å². The first kappa shape index (κ1) is 17.1. The molecule has 7 nitrogen and oxygen atoms in total. The minimum Gasteiger partial charge on any atom is -0.478 e. The van der Waals surface area contributed by atoms with Crippen molar-refractivity contribution in [3.8, 4) is 0 Å². The van der Waals surface area contributed by atoms with Crippen molar-refractivity contribution in [1.29, 1.82) is 0 Å². The number of carbonyl (C=O) groups is 2. The van der Waals surface area contributed by atoms with E-state index in [2.05, 4.69) is 4.72 Å². The Morgan fingerprint density at radius 3 is 2.52 bits per heavy atom. The van der Waals surface area contributed by atoms with Gasteiger partial charge in [0.05, 0.1) is 10.5 Å². The summed E-state index contributed by atoms with van der Waals surface area (Å²) in [6, 6.07) is 4.09. The molecule has 0 bridgehead atoms. The van der Waals surface area contributed by atoms with Crippen LogP contribution < -0.4 is 10.5 Å². The number of carbonyl (C=O) groups excluding carboxylic acids is 1. The third kappa shape index (κ3) is 4.83. The summed E-state index contributed by atoms with van der Waals surface area (Å²) < 4.78 is 26.6. The van der Waals surface area contributed by atoms with Crippen molar-refractivity contribution in [3.05, 3.63) is 29.3 Å². The molecule has 0 saturated heterocycles. The third-order valence-electron chi connectivity index (χ3n) is 2.95. The highest BCUT2D eigenvalue weighted by Crippen LogP contribution is 2.18. The summed E-state index contributed by atoms with van der Waals surface area (Å²) in [4.78, 5) is 21.5. The summed E-state index contributed by atoms with van der Waals surface area (Å²) >= 11 is 0. The smallest absolute Gasteiger partial charge is 0.335 e. The predicted octanol–water partition coefficient (Wildman–Crippen LogP) is 0.627. The lowest BCUT2D eigenvalue weighted by molar-refractivity contribution is -0.118. The average molecular weight is 314 g/mol. The highest BCUT2D eigenvalue weighted by Gasteiger charge is 2.20. The van der Waals surface area contributed by atoms with Crippen molar-refractivity contribution in [3.63, 3.8) is 0 Å². The number of nitrogens with two attached hydrogens (primary N) is 1. The van der Waals surface area contributed by atoms with Crippen LogP contribution in [0, 0.1) is 6.92 Å². The molecule has 0 radical (unpaired) electrons. The zero-order valence-corrected chi connectivity index (χ0v) is 12.4. The van der Waals surface area contributed by atoms with Crippen molar-refractivity contribution in [1.82, 2.24) is 4.72 Å². The molecule has 0 spiro atoms. The number of primary amides is 1. The second-order valence-corrected chi connectivity index (χ2v) is 6.29. The molecule has 8 heteroatoms. The third-order valence-corrected chi connectivity index (χ3v) is 4.55. The van der Waals surface area contributed by atoms with Crippen LogP contribution in [-0.4, -0.2) is 31.9 Å². The van der Waals surface area contributed by atoms with E-state index >= 15 is 0 Å². The number of hydrogen-bond acceptors (Lipinski definition) is 4. The lowest BCUT2D eigenvalue weighted by atomic mass is 10.1. The van der Waals surface area contributed by atoms with Gasteiger partial charge in [-0.1, -0.05) is 6.07 Å². The fourth-order valence-corrected chi connectivity index (χ4v) is 3.19. The molecule has 0 heterocycles. The van der Waals surface area contributed by atoms with Gasteiger partial charge in [0.25, 0.3) is 0 Å². The van der Waals surface area contributed by atoms with Gasteiger partial charge in [0, 0.05) is 13.0 Å². The van der Waals surface area contributed by atoms with Gasteiger partial charge < -0.3 is 10.8 Å². The summed E-state index contributed by atoms with van der Waals surface area (Å²) in [5, 5.41) is 8.99. The molecule has 1 aromatic carbocycles. The number of hydrogen-bond donors (Lipinski definition) is 3. The number of amides is 1. The Labute approximate surface area is 123 Å². The van der Waals surface area contributed by atoms with Crippen LogP contribution in [0.15, 0.2) is 23.1 Å². The summed E-state index contributed by atoms with van der Waals surface area (Å²) in [5.41, 5.74) is 5.12. The Kier molecular flexibility index (Phi) is 5.86. The molecule has 0 fully saturated rings. The number of benzene rings is 1. The molecule has 0 unspecified atom stereocenters. The molecule has 21 heavy (non-hydrogen) atoms. The van der Waals surface area contributed by atoms with E-state index in [0.29, 0.717) is 12.8 Å². The van der Waals surface area contributed by atoms with E-state index in [1.807, 2.05) is 0 Å². The maximum Gasteiger partial charge on any atom is 0.335 e. The van der Waals surface area contributed by atoms with Gasteiger partial charge in [-0.2, -0.15) is 0 Å². The van der Waals surface area contributed by atoms with Gasteiger partial charge in [-0.05, 0) is 37.5 Å². The van der Waals surface area contributed by atoms with Gasteiger partial charge in [-0.15, -0.1) is 0 Å². The highest BCUT2D eigenvalue weighted by atomic mass is 32.2. The van der Waals surface area contributed by atoms with E-state index in [-0.39, 0.29) is 29.0 Å². The standard InChI is InChI=1S/C13H18N2O5S/c1-9-10(13(17)18)5-4-6-11(9)21(19,20)15-8-3-2-7-12(14)16/h4-6,15H,2-3,7-8H2,1H3,(H2,14,16)(H,17,18). The lowest BCUT2D eigenvalue weighted by Crippen LogP contribution is -2.26. The molecule has 1 rings (SSSR count). The Hall–Kier alpha value is -1.93. The lowest BCUT2D eigenvalue weighted by Gasteiger charge is -2.10. The quantitative estimate of drug-likeness (QED) is 0.606. The first-order valence-electron chi connectivity index (χ1n) is 6.36. The highest BCUT2D eigenvalue weighted by molar-refractivity contribution is 7.89. The summed E-state index contributed by atoms with van der Waals surface area (Å²) in [7, 11) is -3.78. The molecule has 0 atom stereocenters. The van der Waals surface area contributed by atoms with Gasteiger partial charge >= 0.3 is 5.97 Å². The van der Waals surface area contributed by atoms with Crippen LogP contribution >= 0.6 is 0 Å². The number of unbranched alkanes of at least 4 members (excludes halogenated alkanes) is 1. The number of aromatic carboxylic acids is 1. The van der Waals surface area contributed by atoms with Crippen LogP contribution in [0.3, 0.4) is 0 Å². The van der Waals surface area contributed by atoms with E-state index < -0.39 is 21.9 Å². The molecule has 0 aliphatic carbocycles. The number of nitrogens with one attached hydrogen (secondary N) is 1. The maximum absolute atomic E-state index is 12.1. The van der Waals surface area contributed by atoms with Crippen molar-refractivity contribution in [2.75, 3.05) is 6.54 Å². The van der Waals surface area contributed by atoms with Gasteiger partial charge in [0.15, 0.2) is 0 Å². The van der Waals surface area contributed by atoms with E-state index in [1.165, 1.54) is 25.1 Å². The Morgan fingerprint density at radius 2 is 1.95 bits per heavy atom. The van der Waals surface area contributed by atoms with Crippen molar-refractivity contribution < 1.29 is 23.1 Å². The molecule has 0 aliphatic heterocycles. The van der Waals surface area contributed by atoms with Crippen LogP contribution in [0.2, 0.25) is 0 Å². The van der Waals surface area contributed by atoms with Crippen LogP contribution in [0.25, 0.3) is 0 Å². The molecule has 0 aliphatic rings. The van der Waals surface area contributed by atoms with Crippen LogP contribution in [0.1, 0.15) is 35.2 Å². The largest absolute Gasteiger partial charge is 0.478 e. The number of rotatable bonds is 8. The second kappa shape index (κ2) is 7.19. The maximum atomic E-state index is 12.1. The number of sulfonamides is 1. The van der Waals surface area contributed by atoms with E-state index in [9.17, 15) is 18.0 Å². The number of carboxylic acids is 1. The average Bonchev–Trinajstić information content (AvgIpc) is 2.37. The first-order chi connectivity index (χ1) is 9.75. The molecular weight excluding hydrogens is 296 g/mol. The molecule has 1 amide bonds. The van der Waals surface area contributed by atoms with E-state index in [1.54, 1.807) is 0 Å². The van der Waals surface area contributed by atoms with E-state index in [0.717, 1.165) is 0 Å². The minimum atomic E-state index is -3.78. The van der Waals surface area contributed by atoms with Gasteiger partial charge in [-0.25, -0.2) is 17.9 Å². The molecular formula is C13H18N2O5S. The molecule has 1 aromatic rings. The summed E-state index contributed by atoms with van der Waals surface area (Å²) in [5.74, 6) is -1.60. The first-order valence-corrected chi connectivity index (χ1v) is 7.85. The molecule has 0 saturated carbocycles. The SMILES string of the molecule is Cc1c(C(=O)O)cccc1S(=O)(=O)NCCCCC(N)=O. The van der Waals surface area contributed by atoms with Crippen molar-refractivity contribution >= 4 is 21.9 Å². The second-order valence-electron chi connectivity index (χ2n) is 4.56. The van der Waals surface area contributed by atoms with Crippen LogP contribution in [-0.2, 0) is 14.8 Å². The predicted molar refractivity (Wildman–Crippen MR) is 76.4 cm³/mol. The molecule has 0 aromatic heterocycles. The van der Waals surface area contributed by atoms with Crippen molar-refractivity contribution in [2.24, 2.45) is 5.73 Å². The van der Waals surface area contributed by atoms with E-state index in [4.69, 9.17) is 10.8 Å². The summed E-state index contributed by atoms with van der Waals surface area (Å²) in [6.07, 6.45) is 1.17. The zero-order chi connectivity index (χ0) is 16.0. The Bertz CT molecular complexity index is 640. The fraction of sp³-hybridized carbons (Fsp3) is 0.385. The van der Waals surface area contributed by atoms with Gasteiger partial charge in [-0.3, -0.25) is 4.79 Å². The normalized spacial score (nSPS) is 11.3.